The van der Waals surface area contributed by atoms with Crippen LogP contribution in [0.25, 0.3) is 5.70 Å². The molecule has 0 aliphatic rings. The molecule has 0 spiro atoms. The van der Waals surface area contributed by atoms with E-state index in [2.05, 4.69) is 28.5 Å². The normalized spacial score (nSPS) is 12.7. The number of nitrogens with two attached hydrogens (primary N) is 2. The van der Waals surface area contributed by atoms with E-state index in [1.54, 1.807) is 30.4 Å². The van der Waals surface area contributed by atoms with E-state index in [0.29, 0.717) is 22.8 Å². The van der Waals surface area contributed by atoms with Crippen LogP contribution in [0.3, 0.4) is 0 Å². The van der Waals surface area contributed by atoms with E-state index in [9.17, 15) is 0 Å². The minimum Gasteiger partial charge on any atom is -0.405 e. The minimum atomic E-state index is 0.508. The van der Waals surface area contributed by atoms with Crippen LogP contribution in [0.2, 0.25) is 0 Å². The highest BCUT2D eigenvalue weighted by atomic mass is 15.2. The van der Waals surface area contributed by atoms with Crippen molar-refractivity contribution in [2.24, 2.45) is 21.7 Å². The van der Waals surface area contributed by atoms with Crippen LogP contribution < -0.4 is 11.5 Å². The summed E-state index contributed by atoms with van der Waals surface area (Å²) in [6.45, 7) is 6.95. The van der Waals surface area contributed by atoms with Crippen molar-refractivity contribution in [3.8, 4) is 0 Å². The Balaban J connectivity index is 3.17. The van der Waals surface area contributed by atoms with Crippen molar-refractivity contribution in [2.75, 3.05) is 0 Å². The lowest BCUT2D eigenvalue weighted by molar-refractivity contribution is 1.20. The zero-order valence-electron chi connectivity index (χ0n) is 9.95. The molecule has 0 saturated carbocycles. The highest BCUT2D eigenvalue weighted by molar-refractivity contribution is 6.07. The molecule has 1 rings (SSSR count). The van der Waals surface area contributed by atoms with Crippen molar-refractivity contribution < 1.29 is 0 Å². The third-order valence-corrected chi connectivity index (χ3v) is 2.07. The predicted molar refractivity (Wildman–Crippen MR) is 76.0 cm³/mol. The first-order chi connectivity index (χ1) is 8.72. The second-order valence-electron chi connectivity index (χ2n) is 3.25. The van der Waals surface area contributed by atoms with Crippen molar-refractivity contribution >= 4 is 18.1 Å². The van der Waals surface area contributed by atoms with Gasteiger partial charge in [-0.2, -0.15) is 5.10 Å². The van der Waals surface area contributed by atoms with Gasteiger partial charge in [-0.3, -0.25) is 0 Å². The maximum atomic E-state index is 5.86. The molecule has 1 aromatic heterocycles. The van der Waals surface area contributed by atoms with Gasteiger partial charge < -0.3 is 11.5 Å². The largest absolute Gasteiger partial charge is 0.405 e. The van der Waals surface area contributed by atoms with Crippen LogP contribution in [0.15, 0.2) is 59.4 Å². The third-order valence-electron chi connectivity index (χ3n) is 2.07. The smallest absolute Gasteiger partial charge is 0.111 e. The van der Waals surface area contributed by atoms with Gasteiger partial charge >= 0.3 is 0 Å². The van der Waals surface area contributed by atoms with Crippen LogP contribution in [0.1, 0.15) is 11.4 Å². The van der Waals surface area contributed by atoms with Gasteiger partial charge in [-0.1, -0.05) is 12.6 Å². The Morgan fingerprint density at radius 1 is 1.33 bits per heavy atom. The highest BCUT2D eigenvalue weighted by Crippen LogP contribution is 2.08. The Morgan fingerprint density at radius 3 is 2.67 bits per heavy atom. The molecule has 4 N–H and O–H groups in total. The lowest BCUT2D eigenvalue weighted by Gasteiger charge is -2.03. The molecule has 0 fully saturated rings. The highest BCUT2D eigenvalue weighted by Gasteiger charge is 2.04. The molecule has 1 aromatic rings. The fraction of sp³-hybridized carbons (Fsp3) is 0. The van der Waals surface area contributed by atoms with Crippen LogP contribution in [-0.4, -0.2) is 17.4 Å². The van der Waals surface area contributed by atoms with Crippen molar-refractivity contribution in [2.45, 2.75) is 0 Å². The van der Waals surface area contributed by atoms with E-state index < -0.39 is 0 Å². The standard InChI is InChI=1S/C13H15N5/c1-3-11(18-16-2)13-8-4-7-12(17-13)10(15)6-5-9-14/h3-9H,1-2,14-15H2/b9-5-,10-6-,18-11+. The van der Waals surface area contributed by atoms with Crippen LogP contribution in [0, 0.1) is 0 Å². The second kappa shape index (κ2) is 6.80. The van der Waals surface area contributed by atoms with Gasteiger partial charge in [0.05, 0.1) is 17.1 Å². The van der Waals surface area contributed by atoms with E-state index in [4.69, 9.17) is 11.5 Å². The van der Waals surface area contributed by atoms with E-state index in [-0.39, 0.29) is 0 Å². The SMILES string of the molecule is C=C/C(=N\N=C)c1cccc(/C(N)=C/C=C\N)n1. The van der Waals surface area contributed by atoms with E-state index in [1.807, 2.05) is 6.07 Å². The fourth-order valence-electron chi connectivity index (χ4n) is 1.26. The van der Waals surface area contributed by atoms with Gasteiger partial charge in [0.1, 0.15) is 5.71 Å². The maximum absolute atomic E-state index is 5.86. The number of aromatic nitrogens is 1. The molecule has 92 valence electrons. The first-order valence-corrected chi connectivity index (χ1v) is 5.21. The Labute approximate surface area is 106 Å². The van der Waals surface area contributed by atoms with Gasteiger partial charge in [0.2, 0.25) is 0 Å². The molecule has 5 nitrogen and oxygen atoms in total. The third kappa shape index (κ3) is 3.41. The van der Waals surface area contributed by atoms with Crippen molar-refractivity contribution in [1.82, 2.24) is 4.98 Å². The summed E-state index contributed by atoms with van der Waals surface area (Å²) in [6.07, 6.45) is 6.26. The lowest BCUT2D eigenvalue weighted by atomic mass is 10.2. The maximum Gasteiger partial charge on any atom is 0.111 e. The molecule has 0 aliphatic carbocycles. The van der Waals surface area contributed by atoms with Crippen molar-refractivity contribution in [3.63, 3.8) is 0 Å². The summed E-state index contributed by atoms with van der Waals surface area (Å²) < 4.78 is 0. The molecule has 5 heteroatoms. The summed E-state index contributed by atoms with van der Waals surface area (Å²) in [5.41, 5.74) is 13.4. The molecule has 1 heterocycles. The first kappa shape index (κ1) is 13.4. The number of nitrogens with zero attached hydrogens (tertiary/aromatic N) is 3. The minimum absolute atomic E-state index is 0.508. The summed E-state index contributed by atoms with van der Waals surface area (Å²) in [6, 6.07) is 5.41. The molecule has 0 aromatic carbocycles. The van der Waals surface area contributed by atoms with Crippen molar-refractivity contribution in [1.29, 1.82) is 0 Å². The summed E-state index contributed by atoms with van der Waals surface area (Å²) in [5.74, 6) is 0. The van der Waals surface area contributed by atoms with Gasteiger partial charge in [-0.25, -0.2) is 4.98 Å². The Hall–Kier alpha value is -2.69. The van der Waals surface area contributed by atoms with Gasteiger partial charge in [0, 0.05) is 6.72 Å². The summed E-state index contributed by atoms with van der Waals surface area (Å²) in [5, 5.41) is 7.29. The second-order valence-corrected chi connectivity index (χ2v) is 3.25. The van der Waals surface area contributed by atoms with E-state index in [1.165, 1.54) is 6.20 Å². The van der Waals surface area contributed by atoms with E-state index >= 15 is 0 Å². The van der Waals surface area contributed by atoms with Gasteiger partial charge in [-0.15, -0.1) is 5.10 Å². The van der Waals surface area contributed by atoms with Gasteiger partial charge in [0.15, 0.2) is 0 Å². The molecule has 0 unspecified atom stereocenters. The van der Waals surface area contributed by atoms with Crippen LogP contribution in [0.4, 0.5) is 0 Å². The Morgan fingerprint density at radius 2 is 2.06 bits per heavy atom. The topological polar surface area (TPSA) is 89.6 Å². The molecular weight excluding hydrogens is 226 g/mol. The summed E-state index contributed by atoms with van der Waals surface area (Å²) >= 11 is 0. The number of rotatable bonds is 5. The Kier molecular flexibility index (Phi) is 5.05. The lowest BCUT2D eigenvalue weighted by Crippen LogP contribution is -2.05. The van der Waals surface area contributed by atoms with Crippen molar-refractivity contribution in [3.05, 3.63) is 60.6 Å². The molecule has 0 aliphatic heterocycles. The Bertz CT molecular complexity index is 526. The van der Waals surface area contributed by atoms with Gasteiger partial charge in [-0.05, 0) is 36.6 Å². The zero-order chi connectivity index (χ0) is 13.4. The number of allylic oxidation sites excluding steroid dienone is 3. The molecule has 0 bridgehead atoms. The molecule has 0 saturated heterocycles. The van der Waals surface area contributed by atoms with Crippen LogP contribution in [-0.2, 0) is 0 Å². The number of pyridine rings is 1. The first-order valence-electron chi connectivity index (χ1n) is 5.21. The molecule has 0 amide bonds. The zero-order valence-corrected chi connectivity index (χ0v) is 9.95. The fourth-order valence-corrected chi connectivity index (χ4v) is 1.26. The molecule has 0 radical (unpaired) electrons. The van der Waals surface area contributed by atoms with E-state index in [0.717, 1.165) is 0 Å². The van der Waals surface area contributed by atoms with Crippen LogP contribution in [0.5, 0.6) is 0 Å². The monoisotopic (exact) mass is 241 g/mol. The summed E-state index contributed by atoms with van der Waals surface area (Å²) in [4.78, 5) is 4.36. The molecule has 18 heavy (non-hydrogen) atoms. The van der Waals surface area contributed by atoms with Gasteiger partial charge in [0.25, 0.3) is 0 Å². The summed E-state index contributed by atoms with van der Waals surface area (Å²) in [7, 11) is 0. The average Bonchev–Trinajstić information content (AvgIpc) is 2.42. The quantitative estimate of drug-likeness (QED) is 0.464. The number of hydrogen-bond acceptors (Lipinski definition) is 5. The number of hydrogen-bond donors (Lipinski definition) is 2. The average molecular weight is 241 g/mol. The predicted octanol–water partition coefficient (Wildman–Crippen LogP) is 1.44. The molecule has 0 atom stereocenters. The van der Waals surface area contributed by atoms with Crippen LogP contribution >= 0.6 is 0 Å². The molecular formula is C13H15N5.